The van der Waals surface area contributed by atoms with Crippen LogP contribution in [0.25, 0.3) is 0 Å². The first-order valence-corrected chi connectivity index (χ1v) is 8.55. The molecule has 1 atom stereocenters. The molecule has 1 saturated carbocycles. The molecule has 1 N–H and O–H groups in total. The van der Waals surface area contributed by atoms with E-state index in [2.05, 4.69) is 0 Å². The maximum absolute atomic E-state index is 12.4. The fourth-order valence-corrected chi connectivity index (χ4v) is 4.12. The van der Waals surface area contributed by atoms with Gasteiger partial charge in [-0.05, 0) is 12.8 Å². The Labute approximate surface area is 124 Å². The largest absolute Gasteiger partial charge is 0.480 e. The first-order valence-electron chi connectivity index (χ1n) is 7.40. The zero-order chi connectivity index (χ0) is 14.5. The molecule has 0 radical (unpaired) electrons. The second-order valence-corrected chi connectivity index (χ2v) is 6.85. The highest BCUT2D eigenvalue weighted by atomic mass is 32.2. The second kappa shape index (κ2) is 7.31. The van der Waals surface area contributed by atoms with Crippen molar-refractivity contribution < 1.29 is 14.7 Å². The molecule has 1 amide bonds. The average molecular weight is 300 g/mol. The molecule has 1 heterocycles. The summed E-state index contributed by atoms with van der Waals surface area (Å²) in [6.07, 6.45) is 5.82. The number of carbonyl (C=O) groups excluding carboxylic acids is 1. The minimum Gasteiger partial charge on any atom is -0.480 e. The molecule has 5 nitrogen and oxygen atoms in total. The van der Waals surface area contributed by atoms with Crippen LogP contribution in [0.5, 0.6) is 0 Å². The lowest BCUT2D eigenvalue weighted by atomic mass is 9.94. The predicted molar refractivity (Wildman–Crippen MR) is 80.0 cm³/mol. The minimum atomic E-state index is -0.815. The van der Waals surface area contributed by atoms with E-state index >= 15 is 0 Å². The van der Waals surface area contributed by atoms with Crippen molar-refractivity contribution >= 4 is 23.6 Å². The van der Waals surface area contributed by atoms with E-state index in [4.69, 9.17) is 0 Å². The van der Waals surface area contributed by atoms with Gasteiger partial charge in [-0.15, -0.1) is 0 Å². The van der Waals surface area contributed by atoms with Crippen LogP contribution in [0.4, 0.5) is 0 Å². The van der Waals surface area contributed by atoms with Gasteiger partial charge in [0.2, 0.25) is 5.91 Å². The molecule has 0 aromatic rings. The summed E-state index contributed by atoms with van der Waals surface area (Å²) in [6, 6.07) is -0.170. The summed E-state index contributed by atoms with van der Waals surface area (Å²) in [7, 11) is 1.87. The zero-order valence-electron chi connectivity index (χ0n) is 12.1. The lowest BCUT2D eigenvalue weighted by molar-refractivity contribution is -0.144. The summed E-state index contributed by atoms with van der Waals surface area (Å²) >= 11 is 1.65. The summed E-state index contributed by atoms with van der Waals surface area (Å²) in [6.45, 7) is 0.927. The molecule has 0 spiro atoms. The first kappa shape index (κ1) is 15.6. The van der Waals surface area contributed by atoms with Crippen LogP contribution in [0, 0.1) is 0 Å². The maximum atomic E-state index is 12.4. The van der Waals surface area contributed by atoms with Crippen molar-refractivity contribution in [2.75, 3.05) is 31.6 Å². The summed E-state index contributed by atoms with van der Waals surface area (Å²) in [5, 5.41) is 9.23. The number of nitrogens with zero attached hydrogens (tertiary/aromatic N) is 2. The minimum absolute atomic E-state index is 0.0649. The molecule has 1 aliphatic heterocycles. The van der Waals surface area contributed by atoms with Gasteiger partial charge in [-0.1, -0.05) is 19.3 Å². The number of hydrogen-bond acceptors (Lipinski definition) is 4. The van der Waals surface area contributed by atoms with Gasteiger partial charge < -0.3 is 10.0 Å². The van der Waals surface area contributed by atoms with Gasteiger partial charge in [0.05, 0.1) is 6.54 Å². The Bertz CT molecular complexity index is 358. The van der Waals surface area contributed by atoms with Gasteiger partial charge in [-0.2, -0.15) is 11.8 Å². The molecule has 0 bridgehead atoms. The molecule has 2 fully saturated rings. The van der Waals surface area contributed by atoms with Crippen molar-refractivity contribution in [3.63, 3.8) is 0 Å². The van der Waals surface area contributed by atoms with Crippen LogP contribution in [0.2, 0.25) is 0 Å². The van der Waals surface area contributed by atoms with E-state index in [1.165, 1.54) is 19.3 Å². The second-order valence-electron chi connectivity index (χ2n) is 5.70. The quantitative estimate of drug-likeness (QED) is 0.847. The number of amides is 1. The monoisotopic (exact) mass is 300 g/mol. The normalized spacial score (nSPS) is 25.4. The molecule has 6 heteroatoms. The molecular formula is C14H24N2O3S. The smallest absolute Gasteiger partial charge is 0.321 e. The number of aliphatic carboxylic acids is 1. The Balaban J connectivity index is 1.89. The Morgan fingerprint density at radius 2 is 2.00 bits per heavy atom. The lowest BCUT2D eigenvalue weighted by Crippen LogP contribution is -2.52. The summed E-state index contributed by atoms with van der Waals surface area (Å²) in [5.74, 6) is 0.736. The van der Waals surface area contributed by atoms with E-state index < -0.39 is 12.0 Å². The van der Waals surface area contributed by atoms with E-state index in [-0.39, 0.29) is 12.5 Å². The number of hydrogen-bond donors (Lipinski definition) is 1. The van der Waals surface area contributed by atoms with Crippen molar-refractivity contribution in [2.24, 2.45) is 0 Å². The van der Waals surface area contributed by atoms with E-state index in [1.807, 2.05) is 16.8 Å². The summed E-state index contributed by atoms with van der Waals surface area (Å²) in [4.78, 5) is 27.3. The highest BCUT2D eigenvalue weighted by molar-refractivity contribution is 7.99. The van der Waals surface area contributed by atoms with Crippen LogP contribution in [-0.4, -0.2) is 70.5 Å². The number of carboxylic acid groups (broad SMARTS) is 1. The standard InChI is InChI=1S/C14H24N2O3S/c1-15(11-5-3-2-4-6-11)13(17)9-16-7-8-20-10-12(16)14(18)19/h11-12H,2-10H2,1H3,(H,18,19). The first-order chi connectivity index (χ1) is 9.59. The van der Waals surface area contributed by atoms with Crippen molar-refractivity contribution in [2.45, 2.75) is 44.2 Å². The molecule has 2 rings (SSSR count). The Morgan fingerprint density at radius 1 is 1.30 bits per heavy atom. The van der Waals surface area contributed by atoms with Crippen molar-refractivity contribution in [1.29, 1.82) is 0 Å². The van der Waals surface area contributed by atoms with Crippen LogP contribution in [0.3, 0.4) is 0 Å². The zero-order valence-corrected chi connectivity index (χ0v) is 12.9. The average Bonchev–Trinajstić information content (AvgIpc) is 2.47. The molecule has 0 aromatic heterocycles. The topological polar surface area (TPSA) is 60.9 Å². The van der Waals surface area contributed by atoms with Crippen LogP contribution in [0.15, 0.2) is 0 Å². The van der Waals surface area contributed by atoms with E-state index in [1.54, 1.807) is 11.8 Å². The van der Waals surface area contributed by atoms with Gasteiger partial charge >= 0.3 is 5.97 Å². The summed E-state index contributed by atoms with van der Waals surface area (Å²) < 4.78 is 0. The van der Waals surface area contributed by atoms with Crippen LogP contribution in [0.1, 0.15) is 32.1 Å². The third-order valence-corrected chi connectivity index (χ3v) is 5.40. The maximum Gasteiger partial charge on any atom is 0.321 e. The fraction of sp³-hybridized carbons (Fsp3) is 0.857. The Kier molecular flexibility index (Phi) is 5.72. The van der Waals surface area contributed by atoms with E-state index in [9.17, 15) is 14.7 Å². The summed E-state index contributed by atoms with van der Waals surface area (Å²) in [5.41, 5.74) is 0. The van der Waals surface area contributed by atoms with Crippen LogP contribution >= 0.6 is 11.8 Å². The molecule has 20 heavy (non-hydrogen) atoms. The molecule has 1 unspecified atom stereocenters. The fourth-order valence-electron chi connectivity index (χ4n) is 3.01. The van der Waals surface area contributed by atoms with Gasteiger partial charge in [-0.3, -0.25) is 14.5 Å². The molecule has 2 aliphatic rings. The highest BCUT2D eigenvalue weighted by Crippen LogP contribution is 2.22. The number of carbonyl (C=O) groups is 2. The SMILES string of the molecule is CN(C(=O)CN1CCSCC1C(=O)O)C1CCCCC1. The lowest BCUT2D eigenvalue weighted by Gasteiger charge is -2.36. The van der Waals surface area contributed by atoms with Crippen LogP contribution in [-0.2, 0) is 9.59 Å². The number of carboxylic acids is 1. The molecule has 1 saturated heterocycles. The van der Waals surface area contributed by atoms with Crippen molar-refractivity contribution in [3.8, 4) is 0 Å². The number of thioether (sulfide) groups is 1. The molecular weight excluding hydrogens is 276 g/mol. The van der Waals surface area contributed by atoms with Crippen LogP contribution < -0.4 is 0 Å². The van der Waals surface area contributed by atoms with E-state index in [0.717, 1.165) is 18.6 Å². The Hall–Kier alpha value is -0.750. The Morgan fingerprint density at radius 3 is 2.65 bits per heavy atom. The van der Waals surface area contributed by atoms with Crippen molar-refractivity contribution in [1.82, 2.24) is 9.80 Å². The van der Waals surface area contributed by atoms with Gasteiger partial charge in [0.1, 0.15) is 6.04 Å². The van der Waals surface area contributed by atoms with Crippen molar-refractivity contribution in [3.05, 3.63) is 0 Å². The molecule has 1 aliphatic carbocycles. The molecule has 0 aromatic carbocycles. The van der Waals surface area contributed by atoms with E-state index in [0.29, 0.717) is 18.3 Å². The molecule has 114 valence electrons. The third kappa shape index (κ3) is 3.88. The van der Waals surface area contributed by atoms with Gasteiger partial charge in [0.15, 0.2) is 0 Å². The van der Waals surface area contributed by atoms with Gasteiger partial charge in [0.25, 0.3) is 0 Å². The highest BCUT2D eigenvalue weighted by Gasteiger charge is 2.32. The van der Waals surface area contributed by atoms with Gasteiger partial charge in [0, 0.05) is 31.1 Å². The number of likely N-dealkylation sites (N-methyl/N-ethyl adjacent to an activating group) is 1. The third-order valence-electron chi connectivity index (χ3n) is 4.38. The van der Waals surface area contributed by atoms with Gasteiger partial charge in [-0.25, -0.2) is 0 Å². The number of rotatable bonds is 4. The predicted octanol–water partition coefficient (Wildman–Crippen LogP) is 1.28.